The number of carbonyl (C=O) groups is 1. The number of benzene rings is 1. The van der Waals surface area contributed by atoms with Crippen molar-refractivity contribution in [3.63, 3.8) is 0 Å². The summed E-state index contributed by atoms with van der Waals surface area (Å²) in [5, 5.41) is 5.25. The predicted octanol–water partition coefficient (Wildman–Crippen LogP) is 1.63. The molecule has 1 unspecified atom stereocenters. The van der Waals surface area contributed by atoms with Gasteiger partial charge in [-0.05, 0) is 32.3 Å². The molecule has 0 aliphatic carbocycles. The molecule has 1 atom stereocenters. The number of anilines is 1. The van der Waals surface area contributed by atoms with Crippen LogP contribution in [-0.2, 0) is 11.8 Å². The lowest BCUT2D eigenvalue weighted by molar-refractivity contribution is -0.120. The Morgan fingerprint density at radius 2 is 2.12 bits per heavy atom. The Morgan fingerprint density at radius 1 is 1.33 bits per heavy atom. The van der Waals surface area contributed by atoms with Gasteiger partial charge in [-0.15, -0.1) is 11.3 Å². The molecule has 2 heterocycles. The third kappa shape index (κ3) is 3.06. The molecule has 124 valence electrons. The van der Waals surface area contributed by atoms with Crippen molar-refractivity contribution in [3.05, 3.63) is 51.5 Å². The van der Waals surface area contributed by atoms with E-state index >= 15 is 0 Å². The lowest BCUT2D eigenvalue weighted by Gasteiger charge is -2.21. The second kappa shape index (κ2) is 6.50. The van der Waals surface area contributed by atoms with Crippen LogP contribution in [0.1, 0.15) is 11.7 Å². The van der Waals surface area contributed by atoms with Crippen molar-refractivity contribution in [2.75, 3.05) is 19.4 Å². The molecule has 0 fully saturated rings. The first-order valence-corrected chi connectivity index (χ1v) is 8.22. The number of nitrogens with zero attached hydrogens (tertiary/aromatic N) is 4. The Balaban J connectivity index is 1.90. The van der Waals surface area contributed by atoms with Crippen molar-refractivity contribution in [3.8, 4) is 0 Å². The van der Waals surface area contributed by atoms with Crippen LogP contribution in [0.15, 0.2) is 40.2 Å². The summed E-state index contributed by atoms with van der Waals surface area (Å²) < 4.78 is 1.42. The highest BCUT2D eigenvalue weighted by molar-refractivity contribution is 7.07. The number of thiazole rings is 1. The smallest absolute Gasteiger partial charge is 0.260 e. The zero-order chi connectivity index (χ0) is 17.3. The Labute approximate surface area is 142 Å². The van der Waals surface area contributed by atoms with Crippen LogP contribution in [0.25, 0.3) is 10.9 Å². The molecule has 1 amide bonds. The molecule has 0 aliphatic rings. The summed E-state index contributed by atoms with van der Waals surface area (Å²) >= 11 is 1.45. The minimum Gasteiger partial charge on any atom is -0.324 e. The SMILES string of the molecule is CN(C)C(C(=O)Nc1ccc2c(=O)n(C)cnc2c1)c1cscn1. The molecular weight excluding hydrogens is 326 g/mol. The maximum Gasteiger partial charge on any atom is 0.260 e. The Kier molecular flexibility index (Phi) is 4.41. The molecule has 0 bridgehead atoms. The number of fused-ring (bicyclic) bond motifs is 1. The van der Waals surface area contributed by atoms with Crippen molar-refractivity contribution in [2.24, 2.45) is 7.05 Å². The van der Waals surface area contributed by atoms with Crippen LogP contribution in [-0.4, -0.2) is 39.4 Å². The van der Waals surface area contributed by atoms with Crippen molar-refractivity contribution in [2.45, 2.75) is 6.04 Å². The molecule has 8 heteroatoms. The van der Waals surface area contributed by atoms with E-state index in [0.29, 0.717) is 22.3 Å². The minimum absolute atomic E-state index is 0.119. The highest BCUT2D eigenvalue weighted by Crippen LogP contribution is 2.21. The lowest BCUT2D eigenvalue weighted by atomic mass is 10.1. The molecule has 1 N–H and O–H groups in total. The Morgan fingerprint density at radius 3 is 2.79 bits per heavy atom. The fourth-order valence-corrected chi connectivity index (χ4v) is 3.06. The zero-order valence-corrected chi connectivity index (χ0v) is 14.4. The molecule has 0 saturated carbocycles. The fourth-order valence-electron chi connectivity index (χ4n) is 2.49. The van der Waals surface area contributed by atoms with Gasteiger partial charge >= 0.3 is 0 Å². The number of carbonyl (C=O) groups excluding carboxylic acids is 1. The molecule has 3 rings (SSSR count). The summed E-state index contributed by atoms with van der Waals surface area (Å²) in [6.07, 6.45) is 1.47. The van der Waals surface area contributed by atoms with Crippen LogP contribution in [0.3, 0.4) is 0 Å². The fraction of sp³-hybridized carbons (Fsp3) is 0.250. The summed E-state index contributed by atoms with van der Waals surface area (Å²) in [5.74, 6) is -0.186. The molecule has 0 saturated heterocycles. The molecule has 2 aromatic heterocycles. The van der Waals surface area contributed by atoms with Gasteiger partial charge in [-0.2, -0.15) is 0 Å². The van der Waals surface area contributed by atoms with Gasteiger partial charge in [-0.25, -0.2) is 9.97 Å². The van der Waals surface area contributed by atoms with Crippen LogP contribution >= 0.6 is 11.3 Å². The van der Waals surface area contributed by atoms with E-state index < -0.39 is 6.04 Å². The predicted molar refractivity (Wildman–Crippen MR) is 94.2 cm³/mol. The minimum atomic E-state index is -0.483. The summed E-state index contributed by atoms with van der Waals surface area (Å²) in [6.45, 7) is 0. The van der Waals surface area contributed by atoms with Crippen LogP contribution < -0.4 is 10.9 Å². The molecule has 1 aromatic carbocycles. The average molecular weight is 343 g/mol. The summed E-state index contributed by atoms with van der Waals surface area (Å²) in [5.41, 5.74) is 3.43. The average Bonchev–Trinajstić information content (AvgIpc) is 3.04. The zero-order valence-electron chi connectivity index (χ0n) is 13.6. The number of amides is 1. The van der Waals surface area contributed by atoms with Gasteiger partial charge < -0.3 is 9.88 Å². The molecule has 3 aromatic rings. The molecule has 7 nitrogen and oxygen atoms in total. The van der Waals surface area contributed by atoms with E-state index in [9.17, 15) is 9.59 Å². The van der Waals surface area contributed by atoms with E-state index in [2.05, 4.69) is 15.3 Å². The summed E-state index contributed by atoms with van der Waals surface area (Å²) in [7, 11) is 5.31. The van der Waals surface area contributed by atoms with E-state index in [1.807, 2.05) is 19.5 Å². The normalized spacial score (nSPS) is 12.5. The van der Waals surface area contributed by atoms with E-state index in [1.54, 1.807) is 35.7 Å². The van der Waals surface area contributed by atoms with Gasteiger partial charge in [-0.3, -0.25) is 14.5 Å². The second-order valence-corrected chi connectivity index (χ2v) is 6.38. The van der Waals surface area contributed by atoms with Gasteiger partial charge in [0.1, 0.15) is 6.04 Å². The van der Waals surface area contributed by atoms with Crippen molar-refractivity contribution < 1.29 is 4.79 Å². The number of likely N-dealkylation sites (N-methyl/N-ethyl adjacent to an activating group) is 1. The van der Waals surface area contributed by atoms with Crippen molar-refractivity contribution in [1.29, 1.82) is 0 Å². The van der Waals surface area contributed by atoms with Gasteiger partial charge in [0.15, 0.2) is 0 Å². The van der Waals surface area contributed by atoms with Crippen LogP contribution in [0.4, 0.5) is 5.69 Å². The Bertz CT molecular complexity index is 933. The number of hydrogen-bond acceptors (Lipinski definition) is 6. The first-order valence-electron chi connectivity index (χ1n) is 7.28. The number of rotatable bonds is 4. The van der Waals surface area contributed by atoms with E-state index in [0.717, 1.165) is 0 Å². The standard InChI is InChI=1S/C16H17N5O2S/c1-20(2)14(13-7-24-9-18-13)15(22)19-10-4-5-11-12(6-10)17-8-21(3)16(11)23/h4-9,14H,1-3H3,(H,19,22). The Hall–Kier alpha value is -2.58. The number of hydrogen-bond donors (Lipinski definition) is 1. The van der Waals surface area contributed by atoms with Gasteiger partial charge in [0.25, 0.3) is 5.56 Å². The summed E-state index contributed by atoms with van der Waals surface area (Å²) in [6, 6.07) is 4.59. The maximum absolute atomic E-state index is 12.6. The van der Waals surface area contributed by atoms with E-state index in [1.165, 1.54) is 22.2 Å². The molecular formula is C16H17N5O2S. The lowest BCUT2D eigenvalue weighted by Crippen LogP contribution is -2.32. The summed E-state index contributed by atoms with van der Waals surface area (Å²) in [4.78, 5) is 34.9. The second-order valence-electron chi connectivity index (χ2n) is 5.66. The van der Waals surface area contributed by atoms with E-state index in [-0.39, 0.29) is 11.5 Å². The number of nitrogens with one attached hydrogen (secondary N) is 1. The first kappa shape index (κ1) is 16.3. The number of aromatic nitrogens is 3. The highest BCUT2D eigenvalue weighted by atomic mass is 32.1. The molecule has 0 radical (unpaired) electrons. The van der Waals surface area contributed by atoms with Crippen LogP contribution in [0.2, 0.25) is 0 Å². The van der Waals surface area contributed by atoms with Gasteiger partial charge in [0.2, 0.25) is 5.91 Å². The largest absolute Gasteiger partial charge is 0.324 e. The maximum atomic E-state index is 12.6. The van der Waals surface area contributed by atoms with Gasteiger partial charge in [-0.1, -0.05) is 0 Å². The third-order valence-corrected chi connectivity index (χ3v) is 4.29. The molecule has 0 aliphatic heterocycles. The van der Waals surface area contributed by atoms with Gasteiger partial charge in [0.05, 0.1) is 28.4 Å². The third-order valence-electron chi connectivity index (χ3n) is 3.68. The van der Waals surface area contributed by atoms with Crippen molar-refractivity contribution in [1.82, 2.24) is 19.4 Å². The number of aryl methyl sites for hydroxylation is 1. The van der Waals surface area contributed by atoms with Gasteiger partial charge in [0, 0.05) is 18.1 Å². The highest BCUT2D eigenvalue weighted by Gasteiger charge is 2.24. The monoisotopic (exact) mass is 343 g/mol. The molecule has 24 heavy (non-hydrogen) atoms. The van der Waals surface area contributed by atoms with Crippen LogP contribution in [0, 0.1) is 0 Å². The van der Waals surface area contributed by atoms with E-state index in [4.69, 9.17) is 0 Å². The quantitative estimate of drug-likeness (QED) is 0.779. The van der Waals surface area contributed by atoms with Crippen LogP contribution in [0.5, 0.6) is 0 Å². The van der Waals surface area contributed by atoms with Crippen molar-refractivity contribution >= 4 is 33.8 Å². The first-order chi connectivity index (χ1) is 11.5. The topological polar surface area (TPSA) is 80.1 Å². The molecule has 0 spiro atoms.